The van der Waals surface area contributed by atoms with Crippen molar-refractivity contribution in [3.8, 4) is 0 Å². The molecule has 4 amide bonds. The minimum atomic E-state index is -4.94. The number of aromatic nitrogens is 12. The van der Waals surface area contributed by atoms with E-state index in [4.69, 9.17) is 41.4 Å². The molecule has 4 aliphatic heterocycles. The number of pyridine rings is 4. The van der Waals surface area contributed by atoms with Crippen molar-refractivity contribution in [1.29, 1.82) is 0 Å². The van der Waals surface area contributed by atoms with Crippen LogP contribution >= 0.6 is 11.6 Å². The van der Waals surface area contributed by atoms with Gasteiger partial charge in [0.05, 0.1) is 153 Å². The van der Waals surface area contributed by atoms with Gasteiger partial charge < -0.3 is 60.2 Å². The Bertz CT molecular complexity index is 4950. The minimum absolute atomic E-state index is 0.000247. The number of benzene rings is 2. The number of rotatable bonds is 9. The van der Waals surface area contributed by atoms with Crippen LogP contribution in [0, 0.1) is 39.3 Å². The second kappa shape index (κ2) is 35.5. The lowest BCUT2D eigenvalue weighted by molar-refractivity contribution is -0.140. The average molecular weight is 1550 g/mol. The number of hydrogen-bond acceptors (Lipinski definition) is 23. The fraction of sp³-hybridized carbons (Fsp3) is 0.382. The summed E-state index contributed by atoms with van der Waals surface area (Å²) >= 11 is 5.98. The van der Waals surface area contributed by atoms with E-state index in [1.54, 1.807) is 46.7 Å². The number of amides is 4. The first-order valence-electron chi connectivity index (χ1n) is 33.1. The van der Waals surface area contributed by atoms with E-state index in [-0.39, 0.29) is 33.1 Å². The van der Waals surface area contributed by atoms with Crippen LogP contribution in [0.2, 0.25) is 5.02 Å². The van der Waals surface area contributed by atoms with Gasteiger partial charge in [-0.05, 0) is 64.1 Å². The number of aromatic carboxylic acids is 2. The Hall–Kier alpha value is -11.4. The average Bonchev–Trinajstić information content (AvgIpc) is 1.67. The number of nitrogens with one attached hydrogen (secondary N) is 3. The first kappa shape index (κ1) is 81.7. The predicted molar refractivity (Wildman–Crippen MR) is 380 cm³/mol. The molecule has 8 aromatic heterocycles. The predicted octanol–water partition coefficient (Wildman–Crippen LogP) is 8.30. The lowest BCUT2D eigenvalue weighted by Gasteiger charge is -2.30. The number of nitrogens with two attached hydrogens (primary N) is 1. The third-order valence-electron chi connectivity index (χ3n) is 16.9. The number of halogens is 9. The number of isocyanates is 1. The van der Waals surface area contributed by atoms with Crippen molar-refractivity contribution in [2.75, 3.05) is 125 Å². The van der Waals surface area contributed by atoms with E-state index in [0.717, 1.165) is 91.1 Å². The molecule has 12 heterocycles. The number of urea groups is 1. The number of carbonyl (C=O) groups excluding carboxylic acids is 4. The van der Waals surface area contributed by atoms with Crippen LogP contribution in [-0.4, -0.2) is 210 Å². The highest BCUT2D eigenvalue weighted by Gasteiger charge is 2.36. The van der Waals surface area contributed by atoms with Crippen LogP contribution in [0.25, 0.3) is 44.1 Å². The number of hydrogen-bond donors (Lipinski definition) is 6. The van der Waals surface area contributed by atoms with Crippen LogP contribution in [0.3, 0.4) is 0 Å². The molecule has 0 radical (unpaired) electrons. The minimum Gasteiger partial charge on any atom is -0.478 e. The molecule has 0 saturated carbocycles. The molecule has 7 N–H and O–H groups in total. The highest BCUT2D eigenvalue weighted by atomic mass is 35.5. The number of ether oxygens (including phenoxy) is 4. The monoisotopic (exact) mass is 1550 g/mol. The van der Waals surface area contributed by atoms with Crippen molar-refractivity contribution in [3.63, 3.8) is 0 Å². The quantitative estimate of drug-likeness (QED) is 0.0449. The Morgan fingerprint density at radius 2 is 0.890 bits per heavy atom. The van der Waals surface area contributed by atoms with E-state index in [2.05, 4.69) is 66.2 Å². The topological polar surface area (TPSA) is 387 Å². The maximum atomic E-state index is 13.5. The summed E-state index contributed by atoms with van der Waals surface area (Å²) in [5, 5.41) is 46.1. The first-order chi connectivity index (χ1) is 51.7. The Labute approximate surface area is 618 Å². The molecule has 0 unspecified atom stereocenters. The molecule has 0 bridgehead atoms. The molecule has 41 heteroatoms. The Balaban J connectivity index is 0.000000160. The fourth-order valence-corrected chi connectivity index (χ4v) is 12.4. The summed E-state index contributed by atoms with van der Waals surface area (Å²) in [5.74, 6) is -6.21. The van der Waals surface area contributed by atoms with Gasteiger partial charge in [0.1, 0.15) is 17.2 Å². The van der Waals surface area contributed by atoms with Crippen molar-refractivity contribution >= 4 is 120 Å². The summed E-state index contributed by atoms with van der Waals surface area (Å²) in [7, 11) is 7.11. The number of imide groups is 1. The zero-order valence-electron chi connectivity index (χ0n) is 59.7. The molecular weight excluding hydrogens is 1480 g/mol. The molecule has 10 aromatic rings. The van der Waals surface area contributed by atoms with Gasteiger partial charge in [-0.3, -0.25) is 33.6 Å². The highest BCUT2D eigenvalue weighted by molar-refractivity contribution is 6.38. The van der Waals surface area contributed by atoms with Crippen LogP contribution in [-0.2, 0) is 64.3 Å². The van der Waals surface area contributed by atoms with Crippen LogP contribution < -0.4 is 36.4 Å². The maximum Gasteiger partial charge on any atom is 0.419 e. The van der Waals surface area contributed by atoms with E-state index in [1.165, 1.54) is 24.8 Å². The standard InChI is InChI=1S/C21H20F4N6O3.C13H17N5O2.C13H16N4O3.C9H8ClN3O2.C8H3F4NO.C4H9NO/c1-11-16-17(31-5-7-34-8-6-31)13(10-26-18(16)30(2)29-11)19(32)28-20(33)27-12-3-4-15(22)14(9-12)21(23,24)25;1-8-10-11(18-3-5-20-6-4-18)9(12(14)19)7-15-13(10)17(2)16-8;1-8-10-11(17-3-5-20-6-4-17)9(13(18)19)7-14-12(10)16(2)15-8;1-4-6-7(10)5(9(14)15)3-11-8(6)13(2)12-4;9-7-2-1-5(13-4-14)3-6(7)8(10,11)12;1-3-6-4-2-5-1/h3-4,9-10H,5-8H2,1-2H3,(H2,27,28,32,33);7H,3-6H2,1-2H3,(H2,14,19);7H,3-6H2,1-2H3,(H,18,19);3H,1-2H3,(H,14,15);1-3H;5H,1-4H2. The molecule has 32 nitrogen and oxygen atoms in total. The summed E-state index contributed by atoms with van der Waals surface area (Å²) < 4.78 is 129. The second-order valence-electron chi connectivity index (χ2n) is 24.3. The van der Waals surface area contributed by atoms with Gasteiger partial charge in [-0.25, -0.2) is 47.9 Å². The van der Waals surface area contributed by atoms with Crippen molar-refractivity contribution < 1.29 is 93.1 Å². The second-order valence-corrected chi connectivity index (χ2v) is 24.7. The number of morpholine rings is 4. The van der Waals surface area contributed by atoms with Crippen LogP contribution in [0.4, 0.5) is 68.4 Å². The number of carboxylic acid groups (broad SMARTS) is 2. The molecule has 4 fully saturated rings. The Kier molecular flexibility index (Phi) is 26.6. The number of primary amides is 1. The smallest absolute Gasteiger partial charge is 0.419 e. The molecule has 0 spiro atoms. The van der Waals surface area contributed by atoms with Gasteiger partial charge in [-0.2, -0.15) is 51.7 Å². The van der Waals surface area contributed by atoms with Crippen molar-refractivity contribution in [2.45, 2.75) is 40.0 Å². The van der Waals surface area contributed by atoms with Crippen LogP contribution in [0.5, 0.6) is 0 Å². The fourth-order valence-electron chi connectivity index (χ4n) is 12.1. The number of carbonyl (C=O) groups is 5. The summed E-state index contributed by atoms with van der Waals surface area (Å²) in [6.07, 6.45) is -3.15. The molecule has 4 aliphatic rings. The van der Waals surface area contributed by atoms with Crippen LogP contribution in [0.1, 0.15) is 75.3 Å². The number of alkyl halides is 6. The lowest BCUT2D eigenvalue weighted by atomic mass is 10.1. The van der Waals surface area contributed by atoms with E-state index in [0.29, 0.717) is 146 Å². The van der Waals surface area contributed by atoms with Gasteiger partial charge >= 0.3 is 30.3 Å². The van der Waals surface area contributed by atoms with Crippen molar-refractivity contribution in [2.24, 2.45) is 38.9 Å². The Morgan fingerprint density at radius 3 is 1.28 bits per heavy atom. The highest BCUT2D eigenvalue weighted by Crippen LogP contribution is 2.38. The SMILES string of the molecule is C1COCCN1.Cc1nn(C)c2ncc(C(=O)NC(=O)Nc3ccc(F)c(C(F)(F)F)c3)c(N3CCOCC3)c12.Cc1nn(C)c2ncc(C(=O)O)c(Cl)c12.Cc1nn(C)c2ncc(C(=O)O)c(N3CCOCC3)c12.Cc1nn(C)c2ncc(C(N)=O)c(N3CCOCC3)c12.O=C=Nc1ccc(F)c(C(F)(F)F)c1. The first-order valence-corrected chi connectivity index (χ1v) is 33.5. The molecular formula is C68H73ClF8N20O12. The molecule has 14 rings (SSSR count). The third kappa shape index (κ3) is 19.3. The summed E-state index contributed by atoms with van der Waals surface area (Å²) in [6, 6.07) is 2.90. The lowest BCUT2D eigenvalue weighted by Crippen LogP contribution is -2.39. The largest absolute Gasteiger partial charge is 0.478 e. The van der Waals surface area contributed by atoms with Gasteiger partial charge in [0.15, 0.2) is 22.6 Å². The number of anilines is 4. The number of aryl methyl sites for hydroxylation is 8. The molecule has 4 saturated heterocycles. The number of aliphatic imine (C=N–C) groups is 1. The van der Waals surface area contributed by atoms with Crippen molar-refractivity contribution in [1.82, 2.24) is 69.7 Å². The van der Waals surface area contributed by atoms with Gasteiger partial charge in [0.25, 0.3) is 11.8 Å². The zero-order valence-corrected chi connectivity index (χ0v) is 60.5. The van der Waals surface area contributed by atoms with E-state index >= 15 is 0 Å². The molecule has 2 aromatic carbocycles. The van der Waals surface area contributed by atoms with E-state index < -0.39 is 64.9 Å². The van der Waals surface area contributed by atoms with Gasteiger partial charge in [-0.1, -0.05) is 11.6 Å². The summed E-state index contributed by atoms with van der Waals surface area (Å²) in [4.78, 5) is 95.1. The molecule has 580 valence electrons. The number of carboxylic acids is 2. The molecule has 0 atom stereocenters. The van der Waals surface area contributed by atoms with Gasteiger partial charge in [0, 0.05) is 111 Å². The van der Waals surface area contributed by atoms with Gasteiger partial charge in [0.2, 0.25) is 6.08 Å². The third-order valence-corrected chi connectivity index (χ3v) is 17.3. The summed E-state index contributed by atoms with van der Waals surface area (Å²) in [6.45, 7) is 18.3. The maximum absolute atomic E-state index is 13.5. The van der Waals surface area contributed by atoms with E-state index in [1.807, 2.05) is 37.7 Å². The normalized spacial score (nSPS) is 14.5. The van der Waals surface area contributed by atoms with Crippen LogP contribution in [0.15, 0.2) is 66.2 Å². The number of fused-ring (bicyclic) bond motifs is 4. The van der Waals surface area contributed by atoms with Crippen molar-refractivity contribution in [3.05, 3.63) is 134 Å². The van der Waals surface area contributed by atoms with Gasteiger partial charge in [-0.15, -0.1) is 0 Å². The zero-order chi connectivity index (χ0) is 79.3. The number of nitrogens with zero attached hydrogens (tertiary/aromatic N) is 16. The van der Waals surface area contributed by atoms with E-state index in [9.17, 15) is 69.0 Å². The Morgan fingerprint density at radius 1 is 0.532 bits per heavy atom. The summed E-state index contributed by atoms with van der Waals surface area (Å²) in [5.41, 5.74) is 10.3. The molecule has 109 heavy (non-hydrogen) atoms. The molecule has 0 aliphatic carbocycles.